The van der Waals surface area contributed by atoms with E-state index in [4.69, 9.17) is 9.97 Å². The average molecular weight is 668 g/mol. The van der Waals surface area contributed by atoms with Crippen LogP contribution in [0.5, 0.6) is 0 Å². The zero-order valence-electron chi connectivity index (χ0n) is 20.8. The van der Waals surface area contributed by atoms with Crippen LogP contribution in [0.4, 0.5) is 0 Å². The van der Waals surface area contributed by atoms with E-state index in [1.807, 2.05) is 12.1 Å². The zero-order valence-corrected chi connectivity index (χ0v) is 23.1. The molecule has 7 rings (SSSR count). The van der Waals surface area contributed by atoms with Crippen molar-refractivity contribution in [3.05, 3.63) is 139 Å². The second kappa shape index (κ2) is 10.7. The number of aromatic nitrogens is 2. The molecule has 2 aliphatic heterocycles. The third kappa shape index (κ3) is 4.53. The van der Waals surface area contributed by atoms with Gasteiger partial charge in [0.05, 0.1) is 11.4 Å². The van der Waals surface area contributed by atoms with E-state index in [1.54, 1.807) is 0 Å². The number of fused-ring (bicyclic) bond motifs is 10. The van der Waals surface area contributed by atoms with Crippen LogP contribution in [0.1, 0.15) is 22.8 Å². The number of hydrogen-bond acceptors (Lipinski definition) is 2. The molecule has 0 saturated heterocycles. The van der Waals surface area contributed by atoms with Crippen molar-refractivity contribution in [1.82, 2.24) is 9.97 Å². The number of rotatable bonds is 2. The fourth-order valence-corrected chi connectivity index (χ4v) is 5.03. The molecule has 0 unspecified atom stereocenters. The topological polar surface area (TPSA) is 25.8 Å². The SMILES string of the molecule is [CH3-].[Pt+2].[c-]1c2cccc1c(-c1ccccc1)c1nc(c3cccc(c3)c(-c3ccccc3)c3nc2C=C3)C=C1. The fraction of sp³-hybridized carbons (Fsp3) is 0. The van der Waals surface area contributed by atoms with Crippen LogP contribution in [0.15, 0.2) is 103 Å². The van der Waals surface area contributed by atoms with Crippen molar-refractivity contribution < 1.29 is 21.1 Å². The molecule has 1 aromatic heterocycles. The Morgan fingerprint density at radius 2 is 0.974 bits per heavy atom. The van der Waals surface area contributed by atoms with Crippen LogP contribution in [0.2, 0.25) is 0 Å². The Balaban J connectivity index is 0.00000147. The summed E-state index contributed by atoms with van der Waals surface area (Å²) in [6, 6.07) is 39.5. The minimum absolute atomic E-state index is 0. The summed E-state index contributed by atoms with van der Waals surface area (Å²) in [5.41, 5.74) is 8.20. The Hall–Kier alpha value is -4.13. The normalized spacial score (nSPS) is 11.6. The third-order valence-corrected chi connectivity index (χ3v) is 6.70. The van der Waals surface area contributed by atoms with E-state index >= 15 is 0 Å². The summed E-state index contributed by atoms with van der Waals surface area (Å²) in [6.07, 6.45) is 8.44. The number of benzene rings is 4. The van der Waals surface area contributed by atoms with Crippen molar-refractivity contribution in [2.75, 3.05) is 0 Å². The Kier molecular flexibility index (Phi) is 7.18. The summed E-state index contributed by atoms with van der Waals surface area (Å²) in [5, 5.41) is 4.18. The van der Waals surface area contributed by atoms with Crippen molar-refractivity contribution in [2.24, 2.45) is 0 Å². The Labute approximate surface area is 237 Å². The van der Waals surface area contributed by atoms with E-state index in [2.05, 4.69) is 121 Å². The van der Waals surface area contributed by atoms with Crippen molar-refractivity contribution in [3.8, 4) is 22.3 Å². The van der Waals surface area contributed by atoms with Gasteiger partial charge in [0.25, 0.3) is 0 Å². The largest absolute Gasteiger partial charge is 2.00 e. The van der Waals surface area contributed by atoms with Crippen molar-refractivity contribution in [2.45, 2.75) is 0 Å². The van der Waals surface area contributed by atoms with Gasteiger partial charge in [0.1, 0.15) is 0 Å². The summed E-state index contributed by atoms with van der Waals surface area (Å²) in [7, 11) is 0. The van der Waals surface area contributed by atoms with Crippen LogP contribution in [0.3, 0.4) is 0 Å². The first-order valence-electron chi connectivity index (χ1n) is 12.1. The molecule has 0 spiro atoms. The molecule has 3 heteroatoms. The molecular formula is C35H24N2Pt. The molecule has 0 fully saturated rings. The van der Waals surface area contributed by atoms with Gasteiger partial charge < -0.3 is 7.43 Å². The predicted octanol–water partition coefficient (Wildman–Crippen LogP) is 9.02. The van der Waals surface area contributed by atoms with Crippen LogP contribution in [-0.4, -0.2) is 9.97 Å². The second-order valence-electron chi connectivity index (χ2n) is 8.97. The molecule has 3 heterocycles. The molecule has 0 aliphatic carbocycles. The molecule has 4 aromatic carbocycles. The smallest absolute Gasteiger partial charge is 0.358 e. The van der Waals surface area contributed by atoms with Crippen LogP contribution < -0.4 is 0 Å². The predicted molar refractivity (Wildman–Crippen MR) is 157 cm³/mol. The molecule has 2 nitrogen and oxygen atoms in total. The van der Waals surface area contributed by atoms with Gasteiger partial charge in [-0.1, -0.05) is 95.9 Å². The molecule has 184 valence electrons. The van der Waals surface area contributed by atoms with Gasteiger partial charge in [0.2, 0.25) is 0 Å². The van der Waals surface area contributed by atoms with Gasteiger partial charge in [0.15, 0.2) is 0 Å². The molecule has 0 atom stereocenters. The summed E-state index contributed by atoms with van der Waals surface area (Å²) in [4.78, 5) is 10.2. The van der Waals surface area contributed by atoms with E-state index in [9.17, 15) is 0 Å². The number of nitrogens with zero attached hydrogens (tertiary/aromatic N) is 2. The van der Waals surface area contributed by atoms with Gasteiger partial charge in [-0.05, 0) is 40.8 Å². The minimum atomic E-state index is 0. The average Bonchev–Trinajstić information content (AvgIpc) is 3.61. The standard InChI is InChI=1S/C34H21N2.CH3.Pt/c1-3-9-23(10-4-1)33-27-15-7-13-25(21-27)30-18-20-32(36-30)34(24-11-5-2-6-12-24)28-16-8-14-26(22-28)29-17-19-31(33)35-29;;/h1-21H;1H3;/q2*-1;+2. The van der Waals surface area contributed by atoms with E-state index in [1.165, 1.54) is 0 Å². The first-order chi connectivity index (χ1) is 17.8. The van der Waals surface area contributed by atoms with Crippen LogP contribution in [0.25, 0.3) is 68.1 Å². The zero-order chi connectivity index (χ0) is 23.9. The van der Waals surface area contributed by atoms with E-state index in [0.29, 0.717) is 0 Å². The maximum Gasteiger partial charge on any atom is 2.00 e. The van der Waals surface area contributed by atoms with Crippen LogP contribution >= 0.6 is 0 Å². The molecular weight excluding hydrogens is 643 g/mol. The monoisotopic (exact) mass is 667 g/mol. The summed E-state index contributed by atoms with van der Waals surface area (Å²) in [5.74, 6) is 0. The molecule has 5 aromatic rings. The summed E-state index contributed by atoms with van der Waals surface area (Å²) in [6.45, 7) is 0. The van der Waals surface area contributed by atoms with Crippen LogP contribution in [0, 0.1) is 13.5 Å². The van der Waals surface area contributed by atoms with Crippen molar-refractivity contribution in [1.29, 1.82) is 0 Å². The number of hydrogen-bond donors (Lipinski definition) is 0. The van der Waals surface area contributed by atoms with Gasteiger partial charge in [-0.2, -0.15) is 0 Å². The quantitative estimate of drug-likeness (QED) is 0.172. The molecule has 0 amide bonds. The summed E-state index contributed by atoms with van der Waals surface area (Å²) >= 11 is 0. The van der Waals surface area contributed by atoms with Gasteiger partial charge in [-0.25, -0.2) is 0 Å². The van der Waals surface area contributed by atoms with E-state index < -0.39 is 0 Å². The Morgan fingerprint density at radius 3 is 1.71 bits per heavy atom. The maximum absolute atomic E-state index is 5.12. The molecule has 2 aliphatic rings. The molecule has 38 heavy (non-hydrogen) atoms. The first kappa shape index (κ1) is 25.5. The second-order valence-corrected chi connectivity index (χ2v) is 8.97. The maximum atomic E-state index is 5.12. The Bertz CT molecular complexity index is 1680. The summed E-state index contributed by atoms with van der Waals surface area (Å²) < 4.78 is 0. The van der Waals surface area contributed by atoms with Gasteiger partial charge in [-0.3, -0.25) is 9.97 Å². The van der Waals surface area contributed by atoms with Gasteiger partial charge in [0, 0.05) is 22.3 Å². The molecule has 0 radical (unpaired) electrons. The van der Waals surface area contributed by atoms with Crippen molar-refractivity contribution in [3.63, 3.8) is 0 Å². The van der Waals surface area contributed by atoms with Crippen molar-refractivity contribution >= 4 is 45.8 Å². The Morgan fingerprint density at radius 1 is 0.447 bits per heavy atom. The first-order valence-corrected chi connectivity index (χ1v) is 12.1. The van der Waals surface area contributed by atoms with Gasteiger partial charge >= 0.3 is 21.1 Å². The minimum Gasteiger partial charge on any atom is -0.358 e. The van der Waals surface area contributed by atoms with Crippen LogP contribution in [-0.2, 0) is 21.1 Å². The molecule has 0 N–H and O–H groups in total. The fourth-order valence-electron chi connectivity index (χ4n) is 5.03. The molecule has 8 bridgehead atoms. The van der Waals surface area contributed by atoms with E-state index in [0.717, 1.165) is 66.6 Å². The third-order valence-electron chi connectivity index (χ3n) is 6.70. The van der Waals surface area contributed by atoms with Gasteiger partial charge in [-0.15, -0.1) is 29.7 Å². The molecule has 0 saturated carbocycles. The van der Waals surface area contributed by atoms with E-state index in [-0.39, 0.29) is 28.5 Å².